The van der Waals surface area contributed by atoms with Crippen LogP contribution in [0.5, 0.6) is 0 Å². The van der Waals surface area contributed by atoms with Crippen LogP contribution in [0.25, 0.3) is 32.4 Å². The lowest BCUT2D eigenvalue weighted by Crippen LogP contribution is -1.91. The number of hydrogen-bond acceptors (Lipinski definition) is 3. The Bertz CT molecular complexity index is 975. The number of fused-ring (bicyclic) bond motifs is 2. The van der Waals surface area contributed by atoms with Gasteiger partial charge in [0.05, 0.1) is 10.4 Å². The first-order valence-corrected chi connectivity index (χ1v) is 7.88. The summed E-state index contributed by atoms with van der Waals surface area (Å²) < 4.78 is 0. The van der Waals surface area contributed by atoms with Gasteiger partial charge >= 0.3 is 0 Å². The summed E-state index contributed by atoms with van der Waals surface area (Å²) >= 11 is 8.03. The van der Waals surface area contributed by atoms with E-state index in [2.05, 4.69) is 42.2 Å². The molecule has 0 aliphatic rings. The van der Waals surface area contributed by atoms with Crippen molar-refractivity contribution in [3.63, 3.8) is 0 Å². The second-order valence-electron chi connectivity index (χ2n) is 4.99. The van der Waals surface area contributed by atoms with Crippen LogP contribution in [0.3, 0.4) is 0 Å². The standard InChI is InChI=1S/C17H11ClN2S/c1-10-6-7-21-15(10)17-19-14-9-12-5-3-2-4-11(12)8-13(14)16(18)20-17/h2-9H,1H3. The summed E-state index contributed by atoms with van der Waals surface area (Å²) in [6.07, 6.45) is 0. The van der Waals surface area contributed by atoms with E-state index in [0.717, 1.165) is 26.6 Å². The van der Waals surface area contributed by atoms with Crippen molar-refractivity contribution in [3.8, 4) is 10.7 Å². The molecule has 2 aromatic carbocycles. The number of rotatable bonds is 1. The monoisotopic (exact) mass is 310 g/mol. The molecule has 4 heteroatoms. The van der Waals surface area contributed by atoms with E-state index in [9.17, 15) is 0 Å². The normalized spacial score (nSPS) is 11.3. The second kappa shape index (κ2) is 4.79. The Labute approximate surface area is 131 Å². The first-order valence-electron chi connectivity index (χ1n) is 6.63. The maximum atomic E-state index is 6.39. The molecule has 0 bridgehead atoms. The van der Waals surface area contributed by atoms with Crippen molar-refractivity contribution < 1.29 is 0 Å². The zero-order valence-corrected chi connectivity index (χ0v) is 12.9. The second-order valence-corrected chi connectivity index (χ2v) is 6.26. The van der Waals surface area contributed by atoms with Gasteiger partial charge in [-0.2, -0.15) is 0 Å². The van der Waals surface area contributed by atoms with Crippen LogP contribution in [0.4, 0.5) is 0 Å². The Kier molecular flexibility index (Phi) is 2.91. The topological polar surface area (TPSA) is 25.8 Å². The molecule has 0 radical (unpaired) electrons. The van der Waals surface area contributed by atoms with E-state index in [1.807, 2.05) is 17.5 Å². The number of nitrogens with zero attached hydrogens (tertiary/aromatic N) is 2. The molecule has 4 aromatic rings. The van der Waals surface area contributed by atoms with Crippen LogP contribution in [0, 0.1) is 6.92 Å². The number of aromatic nitrogens is 2. The molecule has 0 unspecified atom stereocenters. The zero-order chi connectivity index (χ0) is 14.4. The van der Waals surface area contributed by atoms with E-state index in [1.165, 1.54) is 5.56 Å². The smallest absolute Gasteiger partial charge is 0.171 e. The van der Waals surface area contributed by atoms with Crippen molar-refractivity contribution in [2.75, 3.05) is 0 Å². The van der Waals surface area contributed by atoms with E-state index in [4.69, 9.17) is 16.6 Å². The average Bonchev–Trinajstić information content (AvgIpc) is 2.91. The maximum Gasteiger partial charge on any atom is 0.171 e. The van der Waals surface area contributed by atoms with Gasteiger partial charge in [0.25, 0.3) is 0 Å². The molecule has 0 atom stereocenters. The van der Waals surface area contributed by atoms with Gasteiger partial charge in [0.1, 0.15) is 5.15 Å². The minimum Gasteiger partial charge on any atom is -0.227 e. The van der Waals surface area contributed by atoms with Crippen LogP contribution in [0.15, 0.2) is 47.8 Å². The molecule has 0 saturated heterocycles. The lowest BCUT2D eigenvalue weighted by molar-refractivity contribution is 1.23. The third-order valence-corrected chi connectivity index (χ3v) is 4.88. The fourth-order valence-electron chi connectivity index (χ4n) is 2.48. The fourth-order valence-corrected chi connectivity index (χ4v) is 3.57. The van der Waals surface area contributed by atoms with Gasteiger partial charge in [-0.05, 0) is 46.8 Å². The quantitative estimate of drug-likeness (QED) is 0.344. The number of halogens is 1. The van der Waals surface area contributed by atoms with Gasteiger partial charge in [0.15, 0.2) is 5.82 Å². The van der Waals surface area contributed by atoms with Crippen molar-refractivity contribution >= 4 is 44.6 Å². The van der Waals surface area contributed by atoms with Crippen molar-refractivity contribution in [1.29, 1.82) is 0 Å². The molecule has 2 aromatic heterocycles. The number of aryl methyl sites for hydroxylation is 1. The third kappa shape index (κ3) is 2.09. The zero-order valence-electron chi connectivity index (χ0n) is 11.3. The highest BCUT2D eigenvalue weighted by molar-refractivity contribution is 7.13. The maximum absolute atomic E-state index is 6.39. The number of thiophene rings is 1. The first-order chi connectivity index (χ1) is 10.2. The molecule has 0 aliphatic carbocycles. The Morgan fingerprint density at radius 3 is 2.48 bits per heavy atom. The summed E-state index contributed by atoms with van der Waals surface area (Å²) in [6, 6.07) is 14.4. The summed E-state index contributed by atoms with van der Waals surface area (Å²) in [5.74, 6) is 0.704. The lowest BCUT2D eigenvalue weighted by atomic mass is 10.1. The Morgan fingerprint density at radius 2 is 1.76 bits per heavy atom. The van der Waals surface area contributed by atoms with E-state index in [-0.39, 0.29) is 0 Å². The Hall–Kier alpha value is -1.97. The fraction of sp³-hybridized carbons (Fsp3) is 0.0588. The number of benzene rings is 2. The molecular formula is C17H11ClN2S. The molecular weight excluding hydrogens is 300 g/mol. The highest BCUT2D eigenvalue weighted by Crippen LogP contribution is 2.31. The van der Waals surface area contributed by atoms with Crippen LogP contribution < -0.4 is 0 Å². The summed E-state index contributed by atoms with van der Waals surface area (Å²) in [4.78, 5) is 10.3. The SMILES string of the molecule is Cc1ccsc1-c1nc(Cl)c2cc3ccccc3cc2n1. The van der Waals surface area contributed by atoms with Gasteiger partial charge in [0.2, 0.25) is 0 Å². The molecule has 0 N–H and O–H groups in total. The minimum absolute atomic E-state index is 0.508. The molecule has 0 saturated carbocycles. The average molecular weight is 311 g/mol. The molecule has 102 valence electrons. The summed E-state index contributed by atoms with van der Waals surface area (Å²) in [6.45, 7) is 2.06. The predicted molar refractivity (Wildman–Crippen MR) is 90.1 cm³/mol. The highest BCUT2D eigenvalue weighted by atomic mass is 35.5. The van der Waals surface area contributed by atoms with Gasteiger partial charge < -0.3 is 0 Å². The van der Waals surface area contributed by atoms with Gasteiger partial charge in [0, 0.05) is 5.39 Å². The predicted octanol–water partition coefficient (Wildman–Crippen LogP) is 5.47. The molecule has 0 aliphatic heterocycles. The third-order valence-electron chi connectivity index (χ3n) is 3.58. The van der Waals surface area contributed by atoms with Crippen LogP contribution in [0.2, 0.25) is 5.15 Å². The van der Waals surface area contributed by atoms with Crippen LogP contribution >= 0.6 is 22.9 Å². The Balaban J connectivity index is 2.05. The van der Waals surface area contributed by atoms with E-state index in [0.29, 0.717) is 11.0 Å². The number of hydrogen-bond donors (Lipinski definition) is 0. The van der Waals surface area contributed by atoms with Crippen molar-refractivity contribution in [3.05, 3.63) is 58.6 Å². The van der Waals surface area contributed by atoms with Crippen molar-refractivity contribution in [2.45, 2.75) is 6.92 Å². The van der Waals surface area contributed by atoms with Crippen LogP contribution in [-0.2, 0) is 0 Å². The Morgan fingerprint density at radius 1 is 1.00 bits per heavy atom. The highest BCUT2D eigenvalue weighted by Gasteiger charge is 2.11. The van der Waals surface area contributed by atoms with Gasteiger partial charge in [-0.15, -0.1) is 11.3 Å². The van der Waals surface area contributed by atoms with E-state index in [1.54, 1.807) is 11.3 Å². The molecule has 0 spiro atoms. The van der Waals surface area contributed by atoms with Gasteiger partial charge in [-0.3, -0.25) is 0 Å². The van der Waals surface area contributed by atoms with Crippen molar-refractivity contribution in [2.24, 2.45) is 0 Å². The summed E-state index contributed by atoms with van der Waals surface area (Å²) in [5, 5.41) is 5.76. The molecule has 2 nitrogen and oxygen atoms in total. The van der Waals surface area contributed by atoms with E-state index >= 15 is 0 Å². The van der Waals surface area contributed by atoms with Gasteiger partial charge in [-0.1, -0.05) is 35.9 Å². The summed E-state index contributed by atoms with van der Waals surface area (Å²) in [7, 11) is 0. The molecule has 0 fully saturated rings. The first kappa shape index (κ1) is 12.7. The van der Waals surface area contributed by atoms with Gasteiger partial charge in [-0.25, -0.2) is 9.97 Å². The van der Waals surface area contributed by atoms with Crippen LogP contribution in [0.1, 0.15) is 5.56 Å². The van der Waals surface area contributed by atoms with E-state index < -0.39 is 0 Å². The molecule has 21 heavy (non-hydrogen) atoms. The molecule has 2 heterocycles. The van der Waals surface area contributed by atoms with Crippen molar-refractivity contribution in [1.82, 2.24) is 9.97 Å². The van der Waals surface area contributed by atoms with Crippen LogP contribution in [-0.4, -0.2) is 9.97 Å². The molecule has 4 rings (SSSR count). The minimum atomic E-state index is 0.508. The summed E-state index contributed by atoms with van der Waals surface area (Å²) in [5.41, 5.74) is 2.06. The molecule has 0 amide bonds. The lowest BCUT2D eigenvalue weighted by Gasteiger charge is -2.06. The largest absolute Gasteiger partial charge is 0.227 e.